The minimum absolute atomic E-state index is 0.0330. The predicted octanol–water partition coefficient (Wildman–Crippen LogP) is 4.70. The number of sulfonamides is 1. The summed E-state index contributed by atoms with van der Waals surface area (Å²) in [7, 11) is 0.807. The van der Waals surface area contributed by atoms with Crippen LogP contribution in [0, 0.1) is 13.8 Å². The number of benzene rings is 3. The van der Waals surface area contributed by atoms with Crippen LogP contribution >= 0.6 is 0 Å². The Balaban J connectivity index is 1.60. The third-order valence-corrected chi connectivity index (χ3v) is 7.86. The molecule has 4 aromatic rings. The number of carbonyl (C=O) groups excluding carboxylic acids is 1. The lowest BCUT2D eigenvalue weighted by atomic mass is 10.1. The van der Waals surface area contributed by atoms with Crippen molar-refractivity contribution in [3.63, 3.8) is 0 Å². The van der Waals surface area contributed by atoms with Gasteiger partial charge in [-0.25, -0.2) is 4.98 Å². The SMILES string of the molecule is COc1ccc(OC)c(C(=O)Nc2ccc(CN(c3ccc(C)c(C)c3)S(=O)(=O)c3cn(C)cn3)cc2)c1. The van der Waals surface area contributed by atoms with Crippen LogP contribution in [0.3, 0.4) is 0 Å². The van der Waals surface area contributed by atoms with Crippen LogP contribution in [-0.2, 0) is 23.6 Å². The first-order chi connectivity index (χ1) is 18.1. The number of amides is 1. The molecule has 1 heterocycles. The maximum Gasteiger partial charge on any atom is 0.283 e. The fourth-order valence-corrected chi connectivity index (χ4v) is 5.30. The Labute approximate surface area is 222 Å². The summed E-state index contributed by atoms with van der Waals surface area (Å²) in [6.07, 6.45) is 2.94. The number of anilines is 2. The molecule has 1 amide bonds. The first-order valence-corrected chi connectivity index (χ1v) is 13.3. The highest BCUT2D eigenvalue weighted by Crippen LogP contribution is 2.28. The summed E-state index contributed by atoms with van der Waals surface area (Å²) in [5.41, 5.74) is 4.21. The molecule has 0 aliphatic heterocycles. The average molecular weight is 535 g/mol. The van der Waals surface area contributed by atoms with Crippen LogP contribution in [0.1, 0.15) is 27.0 Å². The molecule has 1 N–H and O–H groups in total. The number of ether oxygens (including phenoxy) is 2. The van der Waals surface area contributed by atoms with Crippen LogP contribution in [0.15, 0.2) is 78.2 Å². The highest BCUT2D eigenvalue weighted by Gasteiger charge is 2.28. The van der Waals surface area contributed by atoms with Crippen LogP contribution in [0.5, 0.6) is 11.5 Å². The van der Waals surface area contributed by atoms with Gasteiger partial charge >= 0.3 is 0 Å². The van der Waals surface area contributed by atoms with Crippen molar-refractivity contribution in [3.8, 4) is 11.5 Å². The Morgan fingerprint density at radius 1 is 0.974 bits per heavy atom. The number of hydrogen-bond acceptors (Lipinski definition) is 6. The van der Waals surface area contributed by atoms with Gasteiger partial charge in [0.25, 0.3) is 15.9 Å². The van der Waals surface area contributed by atoms with Crippen molar-refractivity contribution in [1.82, 2.24) is 9.55 Å². The molecule has 198 valence electrons. The number of rotatable bonds is 9. The molecular formula is C28H30N4O5S. The van der Waals surface area contributed by atoms with Crippen molar-refractivity contribution in [2.45, 2.75) is 25.4 Å². The average Bonchev–Trinajstić information content (AvgIpc) is 3.36. The first kappa shape index (κ1) is 26.7. The van der Waals surface area contributed by atoms with E-state index in [4.69, 9.17) is 9.47 Å². The van der Waals surface area contributed by atoms with E-state index in [0.29, 0.717) is 28.4 Å². The van der Waals surface area contributed by atoms with E-state index in [1.165, 1.54) is 31.0 Å². The molecule has 10 heteroatoms. The van der Waals surface area contributed by atoms with Gasteiger partial charge in [0.2, 0.25) is 0 Å². The van der Waals surface area contributed by atoms with Gasteiger partial charge in [0.05, 0.1) is 38.3 Å². The molecule has 0 radical (unpaired) electrons. The summed E-state index contributed by atoms with van der Waals surface area (Å²) < 4.78 is 40.7. The van der Waals surface area contributed by atoms with Gasteiger partial charge in [-0.15, -0.1) is 0 Å². The van der Waals surface area contributed by atoms with Gasteiger partial charge in [-0.05, 0) is 73.0 Å². The van der Waals surface area contributed by atoms with E-state index in [1.807, 2.05) is 26.0 Å². The topological polar surface area (TPSA) is 103 Å². The Hall–Kier alpha value is -4.31. The molecule has 9 nitrogen and oxygen atoms in total. The van der Waals surface area contributed by atoms with E-state index >= 15 is 0 Å². The number of nitrogens with zero attached hydrogens (tertiary/aromatic N) is 3. The lowest BCUT2D eigenvalue weighted by Crippen LogP contribution is -2.31. The van der Waals surface area contributed by atoms with E-state index in [2.05, 4.69) is 10.3 Å². The van der Waals surface area contributed by atoms with Gasteiger partial charge in [-0.1, -0.05) is 18.2 Å². The first-order valence-electron chi connectivity index (χ1n) is 11.8. The van der Waals surface area contributed by atoms with Crippen LogP contribution < -0.4 is 19.1 Å². The largest absolute Gasteiger partial charge is 0.497 e. The lowest BCUT2D eigenvalue weighted by Gasteiger charge is -2.24. The van der Waals surface area contributed by atoms with Crippen molar-refractivity contribution in [2.24, 2.45) is 7.05 Å². The van der Waals surface area contributed by atoms with E-state index in [-0.39, 0.29) is 17.5 Å². The molecular weight excluding hydrogens is 504 g/mol. The van der Waals surface area contributed by atoms with Gasteiger partial charge < -0.3 is 19.4 Å². The van der Waals surface area contributed by atoms with Gasteiger partial charge in [0.15, 0.2) is 5.03 Å². The van der Waals surface area contributed by atoms with Gasteiger partial charge in [0, 0.05) is 18.9 Å². The molecule has 38 heavy (non-hydrogen) atoms. The highest BCUT2D eigenvalue weighted by atomic mass is 32.2. The zero-order valence-corrected chi connectivity index (χ0v) is 22.7. The summed E-state index contributed by atoms with van der Waals surface area (Å²) in [5.74, 6) is 0.596. The second kappa shape index (κ2) is 11.0. The van der Waals surface area contributed by atoms with Crippen LogP contribution in [0.4, 0.5) is 11.4 Å². The smallest absolute Gasteiger partial charge is 0.283 e. The van der Waals surface area contributed by atoms with Crippen molar-refractivity contribution >= 4 is 27.3 Å². The van der Waals surface area contributed by atoms with Crippen LogP contribution in [-0.4, -0.2) is 38.1 Å². The Kier molecular flexibility index (Phi) is 7.72. The molecule has 1 aromatic heterocycles. The second-order valence-electron chi connectivity index (χ2n) is 8.87. The number of nitrogens with one attached hydrogen (secondary N) is 1. The number of aryl methyl sites for hydroxylation is 3. The molecule has 0 saturated carbocycles. The molecule has 0 aliphatic rings. The molecule has 0 aliphatic carbocycles. The lowest BCUT2D eigenvalue weighted by molar-refractivity contribution is 0.102. The van der Waals surface area contributed by atoms with Gasteiger partial charge in [-0.3, -0.25) is 9.10 Å². The number of methoxy groups -OCH3 is 2. The quantitative estimate of drug-likeness (QED) is 0.334. The summed E-state index contributed by atoms with van der Waals surface area (Å²) in [5, 5.41) is 2.82. The molecule has 0 spiro atoms. The molecule has 0 saturated heterocycles. The highest BCUT2D eigenvalue weighted by molar-refractivity contribution is 7.92. The number of carbonyl (C=O) groups is 1. The summed E-state index contributed by atoms with van der Waals surface area (Å²) in [6, 6.07) is 17.5. The number of imidazole rings is 1. The minimum atomic E-state index is -3.93. The normalized spacial score (nSPS) is 11.2. The molecule has 0 atom stereocenters. The molecule has 0 unspecified atom stereocenters. The van der Waals surface area contributed by atoms with E-state index < -0.39 is 10.0 Å². The van der Waals surface area contributed by atoms with E-state index in [1.54, 1.807) is 60.1 Å². The van der Waals surface area contributed by atoms with E-state index in [9.17, 15) is 13.2 Å². The summed E-state index contributed by atoms with van der Waals surface area (Å²) in [6.45, 7) is 4.00. The van der Waals surface area contributed by atoms with Crippen LogP contribution in [0.2, 0.25) is 0 Å². The van der Waals surface area contributed by atoms with Crippen molar-refractivity contribution < 1.29 is 22.7 Å². The fourth-order valence-electron chi connectivity index (χ4n) is 3.88. The Morgan fingerprint density at radius 3 is 2.32 bits per heavy atom. The molecule has 0 bridgehead atoms. The van der Waals surface area contributed by atoms with Crippen molar-refractivity contribution in [2.75, 3.05) is 23.8 Å². The second-order valence-corrected chi connectivity index (χ2v) is 10.7. The molecule has 3 aromatic carbocycles. The molecule has 0 fully saturated rings. The third-order valence-electron chi connectivity index (χ3n) is 6.20. The van der Waals surface area contributed by atoms with E-state index in [0.717, 1.165) is 16.7 Å². The predicted molar refractivity (Wildman–Crippen MR) is 146 cm³/mol. The number of hydrogen-bond donors (Lipinski definition) is 1. The molecule has 4 rings (SSSR count). The van der Waals surface area contributed by atoms with Gasteiger partial charge in [0.1, 0.15) is 11.5 Å². The number of aromatic nitrogens is 2. The maximum atomic E-state index is 13.6. The Morgan fingerprint density at radius 2 is 1.71 bits per heavy atom. The summed E-state index contributed by atoms with van der Waals surface area (Å²) in [4.78, 5) is 17.0. The summed E-state index contributed by atoms with van der Waals surface area (Å²) >= 11 is 0. The minimum Gasteiger partial charge on any atom is -0.497 e. The Bertz CT molecular complexity index is 1560. The van der Waals surface area contributed by atoms with Gasteiger partial charge in [-0.2, -0.15) is 8.42 Å². The zero-order chi connectivity index (χ0) is 27.4. The zero-order valence-electron chi connectivity index (χ0n) is 21.9. The monoisotopic (exact) mass is 534 g/mol. The standard InChI is InChI=1S/C28H30N4O5S/c1-19-6-11-23(14-20(19)2)32(38(34,35)27-17-31(3)18-29-27)16-21-7-9-22(10-8-21)30-28(33)25-15-24(36-4)12-13-26(25)37-5/h6-15,17-18H,16H2,1-5H3,(H,30,33). The fraction of sp³-hybridized carbons (Fsp3) is 0.214. The van der Waals surface area contributed by atoms with Crippen LogP contribution in [0.25, 0.3) is 0 Å². The van der Waals surface area contributed by atoms with Crippen molar-refractivity contribution in [3.05, 3.63) is 95.4 Å². The third kappa shape index (κ3) is 5.65. The van der Waals surface area contributed by atoms with Crippen molar-refractivity contribution in [1.29, 1.82) is 0 Å². The maximum absolute atomic E-state index is 13.6.